The molecule has 1 aliphatic rings. The molecule has 0 aromatic heterocycles. The Hall–Kier alpha value is -1.37. The maximum absolute atomic E-state index is 11.2. The van der Waals surface area contributed by atoms with Crippen LogP contribution in [-0.4, -0.2) is 23.3 Å². The summed E-state index contributed by atoms with van der Waals surface area (Å²) in [6.07, 6.45) is 1.19. The summed E-state index contributed by atoms with van der Waals surface area (Å²) in [5.41, 5.74) is -0.469. The lowest BCUT2D eigenvalue weighted by atomic mass is 9.91. The molecule has 0 saturated carbocycles. The van der Waals surface area contributed by atoms with E-state index < -0.39 is 5.41 Å². The van der Waals surface area contributed by atoms with Crippen LogP contribution >= 0.6 is 0 Å². The lowest BCUT2D eigenvalue weighted by Gasteiger charge is -2.19. The minimum Gasteiger partial charge on any atom is -0.283 e. The largest absolute Gasteiger partial charge is 0.283 e. The molecule has 2 amide bonds. The van der Waals surface area contributed by atoms with Crippen molar-refractivity contribution in [3.05, 3.63) is 0 Å². The number of rotatable bonds is 3. The van der Waals surface area contributed by atoms with Crippen molar-refractivity contribution >= 4 is 11.8 Å². The van der Waals surface area contributed by atoms with Crippen LogP contribution in [-0.2, 0) is 9.59 Å². The van der Waals surface area contributed by atoms with E-state index in [1.807, 2.05) is 0 Å². The van der Waals surface area contributed by atoms with Gasteiger partial charge in [-0.3, -0.25) is 14.5 Å². The Bertz CT molecular complexity index is 286. The second kappa shape index (κ2) is 3.79. The minimum absolute atomic E-state index is 0.108. The van der Waals surface area contributed by atoms with E-state index in [0.29, 0.717) is 25.8 Å². The fourth-order valence-electron chi connectivity index (χ4n) is 1.32. The molecule has 0 bridgehead atoms. The monoisotopic (exact) mass is 194 g/mol. The number of likely N-dealkylation sites (tertiary alicyclic amines) is 1. The SMILES string of the molecule is CC(C)(C#N)CCN1C(=O)CCC1=O. The summed E-state index contributed by atoms with van der Waals surface area (Å²) in [5.74, 6) is -0.215. The van der Waals surface area contributed by atoms with Gasteiger partial charge < -0.3 is 0 Å². The van der Waals surface area contributed by atoms with Crippen molar-refractivity contribution in [2.75, 3.05) is 6.54 Å². The van der Waals surface area contributed by atoms with E-state index >= 15 is 0 Å². The summed E-state index contributed by atoms with van der Waals surface area (Å²) in [6, 6.07) is 2.15. The first-order valence-electron chi connectivity index (χ1n) is 4.71. The van der Waals surface area contributed by atoms with Crippen molar-refractivity contribution in [1.29, 1.82) is 5.26 Å². The first-order chi connectivity index (χ1) is 6.46. The summed E-state index contributed by atoms with van der Waals surface area (Å²) < 4.78 is 0. The lowest BCUT2D eigenvalue weighted by molar-refractivity contribution is -0.138. The molecule has 0 N–H and O–H groups in total. The number of carbonyl (C=O) groups excluding carboxylic acids is 2. The molecule has 0 aromatic carbocycles. The standard InChI is InChI=1S/C10H14N2O2/c1-10(2,7-11)5-6-12-8(13)3-4-9(12)14/h3-6H2,1-2H3. The summed E-state index contributed by atoms with van der Waals surface area (Å²) in [7, 11) is 0. The van der Waals surface area contributed by atoms with E-state index in [1.165, 1.54) is 4.90 Å². The van der Waals surface area contributed by atoms with E-state index in [1.54, 1.807) is 13.8 Å². The van der Waals surface area contributed by atoms with Gasteiger partial charge in [-0.15, -0.1) is 0 Å². The number of amides is 2. The molecule has 0 radical (unpaired) electrons. The van der Waals surface area contributed by atoms with E-state index in [4.69, 9.17) is 5.26 Å². The molecule has 0 spiro atoms. The predicted octanol–water partition coefficient (Wildman–Crippen LogP) is 1.08. The molecule has 4 nitrogen and oxygen atoms in total. The first kappa shape index (κ1) is 10.7. The van der Waals surface area contributed by atoms with Crippen molar-refractivity contribution in [1.82, 2.24) is 4.90 Å². The van der Waals surface area contributed by atoms with Gasteiger partial charge in [0.1, 0.15) is 0 Å². The van der Waals surface area contributed by atoms with E-state index in [2.05, 4.69) is 6.07 Å². The molecular weight excluding hydrogens is 180 g/mol. The second-order valence-corrected chi connectivity index (χ2v) is 4.18. The molecule has 1 fully saturated rings. The third-order valence-corrected chi connectivity index (χ3v) is 2.42. The van der Waals surface area contributed by atoms with Gasteiger partial charge in [0.15, 0.2) is 0 Å². The van der Waals surface area contributed by atoms with Crippen LogP contribution in [0.25, 0.3) is 0 Å². The first-order valence-corrected chi connectivity index (χ1v) is 4.71. The number of carbonyl (C=O) groups is 2. The van der Waals surface area contributed by atoms with Gasteiger partial charge in [0.05, 0.1) is 11.5 Å². The molecular formula is C10H14N2O2. The Morgan fingerprint density at radius 2 is 1.86 bits per heavy atom. The minimum atomic E-state index is -0.469. The Morgan fingerprint density at radius 3 is 2.29 bits per heavy atom. The van der Waals surface area contributed by atoms with Crippen LogP contribution in [0.15, 0.2) is 0 Å². The van der Waals surface area contributed by atoms with Crippen molar-refractivity contribution in [2.45, 2.75) is 33.1 Å². The molecule has 1 saturated heterocycles. The molecule has 1 heterocycles. The molecule has 0 aromatic rings. The summed E-state index contributed by atoms with van der Waals surface area (Å²) >= 11 is 0. The zero-order chi connectivity index (χ0) is 10.8. The Kier molecular flexibility index (Phi) is 2.90. The summed E-state index contributed by atoms with van der Waals surface area (Å²) in [5, 5.41) is 8.76. The number of nitriles is 1. The third kappa shape index (κ3) is 2.32. The van der Waals surface area contributed by atoms with Gasteiger partial charge >= 0.3 is 0 Å². The third-order valence-electron chi connectivity index (χ3n) is 2.42. The average Bonchev–Trinajstić information content (AvgIpc) is 2.44. The predicted molar refractivity (Wildman–Crippen MR) is 50.0 cm³/mol. The molecule has 1 rings (SSSR count). The van der Waals surface area contributed by atoms with Crippen LogP contribution in [0.3, 0.4) is 0 Å². The van der Waals surface area contributed by atoms with Gasteiger partial charge in [-0.1, -0.05) is 0 Å². The van der Waals surface area contributed by atoms with Gasteiger partial charge in [0, 0.05) is 19.4 Å². The van der Waals surface area contributed by atoms with Crippen LogP contribution in [0.5, 0.6) is 0 Å². The van der Waals surface area contributed by atoms with Gasteiger partial charge in [-0.2, -0.15) is 5.26 Å². The molecule has 0 atom stereocenters. The van der Waals surface area contributed by atoms with Crippen LogP contribution in [0.2, 0.25) is 0 Å². The van der Waals surface area contributed by atoms with Gasteiger partial charge in [0.25, 0.3) is 0 Å². The zero-order valence-corrected chi connectivity index (χ0v) is 8.54. The van der Waals surface area contributed by atoms with Crippen LogP contribution in [0, 0.1) is 16.7 Å². The number of hydrogen-bond acceptors (Lipinski definition) is 3. The van der Waals surface area contributed by atoms with Gasteiger partial charge in [-0.05, 0) is 20.3 Å². The molecule has 76 valence electrons. The highest BCUT2D eigenvalue weighted by Gasteiger charge is 2.30. The van der Waals surface area contributed by atoms with Crippen molar-refractivity contribution in [2.24, 2.45) is 5.41 Å². The quantitative estimate of drug-likeness (QED) is 0.631. The van der Waals surface area contributed by atoms with Crippen molar-refractivity contribution < 1.29 is 9.59 Å². The van der Waals surface area contributed by atoms with E-state index in [-0.39, 0.29) is 11.8 Å². The highest BCUT2D eigenvalue weighted by molar-refractivity contribution is 6.01. The van der Waals surface area contributed by atoms with Crippen LogP contribution < -0.4 is 0 Å². The maximum atomic E-state index is 11.2. The number of imide groups is 1. The zero-order valence-electron chi connectivity index (χ0n) is 8.54. The van der Waals surface area contributed by atoms with Gasteiger partial charge in [0.2, 0.25) is 11.8 Å². The van der Waals surface area contributed by atoms with Gasteiger partial charge in [-0.25, -0.2) is 0 Å². The number of hydrogen-bond donors (Lipinski definition) is 0. The Morgan fingerprint density at radius 1 is 1.36 bits per heavy atom. The second-order valence-electron chi connectivity index (χ2n) is 4.18. The van der Waals surface area contributed by atoms with Crippen LogP contribution in [0.4, 0.5) is 0 Å². The summed E-state index contributed by atoms with van der Waals surface area (Å²) in [6.45, 7) is 3.98. The smallest absolute Gasteiger partial charge is 0.229 e. The number of nitrogens with zero attached hydrogens (tertiary/aromatic N) is 2. The topological polar surface area (TPSA) is 61.2 Å². The van der Waals surface area contributed by atoms with Crippen molar-refractivity contribution in [3.63, 3.8) is 0 Å². The highest BCUT2D eigenvalue weighted by Crippen LogP contribution is 2.21. The Labute approximate surface area is 83.5 Å². The fraction of sp³-hybridized carbons (Fsp3) is 0.700. The van der Waals surface area contributed by atoms with Crippen LogP contribution in [0.1, 0.15) is 33.1 Å². The fourth-order valence-corrected chi connectivity index (χ4v) is 1.32. The Balaban J connectivity index is 2.50. The maximum Gasteiger partial charge on any atom is 0.229 e. The molecule has 1 aliphatic heterocycles. The normalized spacial score (nSPS) is 17.4. The van der Waals surface area contributed by atoms with E-state index in [0.717, 1.165) is 0 Å². The van der Waals surface area contributed by atoms with E-state index in [9.17, 15) is 9.59 Å². The molecule has 14 heavy (non-hydrogen) atoms. The summed E-state index contributed by atoms with van der Waals surface area (Å²) in [4.78, 5) is 23.7. The molecule has 4 heteroatoms. The van der Waals surface area contributed by atoms with Crippen molar-refractivity contribution in [3.8, 4) is 6.07 Å². The highest BCUT2D eigenvalue weighted by atomic mass is 16.2. The molecule has 0 unspecified atom stereocenters. The molecule has 0 aliphatic carbocycles. The lowest BCUT2D eigenvalue weighted by Crippen LogP contribution is -2.32. The average molecular weight is 194 g/mol.